The number of piperidine rings is 2. The second-order valence-electron chi connectivity index (χ2n) is 9.42. The highest BCUT2D eigenvalue weighted by Crippen LogP contribution is 2.65. The Morgan fingerprint density at radius 2 is 2.07 bits per heavy atom. The minimum absolute atomic E-state index is 0.0145. The lowest BCUT2D eigenvalue weighted by molar-refractivity contribution is -0.148. The van der Waals surface area contributed by atoms with Gasteiger partial charge in [-0.15, -0.1) is 0 Å². The van der Waals surface area contributed by atoms with Crippen molar-refractivity contribution in [2.24, 2.45) is 40.7 Å². The molecule has 0 aromatic rings. The fraction of sp³-hybridized carbons (Fsp3) is 0.850. The highest BCUT2D eigenvalue weighted by atomic mass is 16.2. The molecule has 5 N–H and O–H groups in total. The number of likely N-dealkylation sites (tertiary alicyclic amines) is 1. The van der Waals surface area contributed by atoms with Crippen molar-refractivity contribution in [1.29, 1.82) is 0 Å². The first-order valence-corrected chi connectivity index (χ1v) is 10.5. The van der Waals surface area contributed by atoms with E-state index >= 15 is 0 Å². The summed E-state index contributed by atoms with van der Waals surface area (Å²) in [6, 6.07) is -1.20. The fourth-order valence-corrected chi connectivity index (χ4v) is 4.99. The topological polar surface area (TPSA) is 122 Å². The summed E-state index contributed by atoms with van der Waals surface area (Å²) in [6.45, 7) is 9.62. The zero-order chi connectivity index (χ0) is 20.8. The molecule has 0 aromatic heterocycles. The number of nitrogens with two attached hydrogens (primary N) is 2. The van der Waals surface area contributed by atoms with E-state index in [1.165, 1.54) is 0 Å². The summed E-state index contributed by atoms with van der Waals surface area (Å²) in [7, 11) is 0. The van der Waals surface area contributed by atoms with Crippen molar-refractivity contribution in [1.82, 2.24) is 15.2 Å². The lowest BCUT2D eigenvalue weighted by Gasteiger charge is -2.35. The van der Waals surface area contributed by atoms with Gasteiger partial charge in [0.1, 0.15) is 6.04 Å². The maximum absolute atomic E-state index is 13.3. The Balaban J connectivity index is 1.74. The smallest absolute Gasteiger partial charge is 0.259 e. The molecule has 8 nitrogen and oxygen atoms in total. The van der Waals surface area contributed by atoms with Crippen molar-refractivity contribution < 1.29 is 14.4 Å². The van der Waals surface area contributed by atoms with Crippen LogP contribution >= 0.6 is 0 Å². The molecule has 3 rings (SSSR count). The van der Waals surface area contributed by atoms with Crippen LogP contribution in [0.15, 0.2) is 0 Å². The van der Waals surface area contributed by atoms with Crippen LogP contribution in [0.25, 0.3) is 0 Å². The molecule has 0 radical (unpaired) electrons. The third-order valence-electron chi connectivity index (χ3n) is 7.39. The number of carbonyl (C=O) groups is 3. The van der Waals surface area contributed by atoms with Crippen molar-refractivity contribution in [3.8, 4) is 0 Å². The molecule has 3 amide bonds. The third kappa shape index (κ3) is 3.52. The van der Waals surface area contributed by atoms with Gasteiger partial charge < -0.3 is 16.0 Å². The summed E-state index contributed by atoms with van der Waals surface area (Å²) in [5.74, 6) is 5.76. The van der Waals surface area contributed by atoms with Crippen molar-refractivity contribution in [3.63, 3.8) is 0 Å². The molecule has 2 heterocycles. The van der Waals surface area contributed by atoms with Crippen LogP contribution in [0.2, 0.25) is 0 Å². The largest absolute Gasteiger partial charge is 0.356 e. The molecule has 158 valence electrons. The van der Waals surface area contributed by atoms with Crippen LogP contribution in [0, 0.1) is 29.1 Å². The number of amides is 3. The van der Waals surface area contributed by atoms with Crippen LogP contribution in [-0.4, -0.2) is 59.3 Å². The first kappa shape index (κ1) is 21.0. The summed E-state index contributed by atoms with van der Waals surface area (Å²) in [4.78, 5) is 40.0. The van der Waals surface area contributed by atoms with Crippen LogP contribution in [0.5, 0.6) is 0 Å². The van der Waals surface area contributed by atoms with Gasteiger partial charge >= 0.3 is 0 Å². The van der Waals surface area contributed by atoms with E-state index in [-0.39, 0.29) is 47.4 Å². The van der Waals surface area contributed by atoms with E-state index in [0.717, 1.165) is 24.3 Å². The molecular formula is C20H35N5O3. The standard InChI is InChI=1S/C20H35N5O3/c1-5-11(2)15(21)18(27)24-10-13-14(20(13,3)4)16(24)19(28)25(22)9-12-7-6-8-23-17(12)26/h11-16H,5-10,21-22H2,1-4H3,(H,23,26)/t11-,12-,13-,14-,15-,16-/m0/s1. The summed E-state index contributed by atoms with van der Waals surface area (Å²) < 4.78 is 0. The van der Waals surface area contributed by atoms with Gasteiger partial charge in [-0.05, 0) is 36.0 Å². The van der Waals surface area contributed by atoms with Crippen molar-refractivity contribution in [3.05, 3.63) is 0 Å². The Kier molecular flexibility index (Phi) is 5.74. The van der Waals surface area contributed by atoms with Crippen molar-refractivity contribution in [2.75, 3.05) is 19.6 Å². The number of nitrogens with one attached hydrogen (secondary N) is 1. The summed E-state index contributed by atoms with van der Waals surface area (Å²) in [5, 5.41) is 3.98. The second kappa shape index (κ2) is 7.63. The number of fused-ring (bicyclic) bond motifs is 1. The molecular weight excluding hydrogens is 358 g/mol. The lowest BCUT2D eigenvalue weighted by atomic mass is 9.95. The van der Waals surface area contributed by atoms with Crippen LogP contribution in [0.3, 0.4) is 0 Å². The van der Waals surface area contributed by atoms with E-state index in [2.05, 4.69) is 19.2 Å². The lowest BCUT2D eigenvalue weighted by Crippen LogP contribution is -2.58. The molecule has 1 saturated carbocycles. The fourth-order valence-electron chi connectivity index (χ4n) is 4.99. The Labute approximate surface area is 167 Å². The number of rotatable bonds is 6. The molecule has 3 aliphatic rings. The predicted octanol–water partition coefficient (Wildman–Crippen LogP) is 0.0713. The zero-order valence-corrected chi connectivity index (χ0v) is 17.5. The maximum atomic E-state index is 13.3. The van der Waals surface area contributed by atoms with Gasteiger partial charge in [0.25, 0.3) is 5.91 Å². The van der Waals surface area contributed by atoms with Gasteiger partial charge in [0.05, 0.1) is 12.0 Å². The highest BCUT2D eigenvalue weighted by Gasteiger charge is 2.69. The molecule has 2 aliphatic heterocycles. The third-order valence-corrected chi connectivity index (χ3v) is 7.39. The Bertz CT molecular complexity index is 652. The second-order valence-corrected chi connectivity index (χ2v) is 9.42. The molecule has 2 saturated heterocycles. The van der Waals surface area contributed by atoms with E-state index in [1.807, 2.05) is 13.8 Å². The van der Waals surface area contributed by atoms with Crippen LogP contribution in [0.4, 0.5) is 0 Å². The van der Waals surface area contributed by atoms with Gasteiger partial charge in [0.2, 0.25) is 11.8 Å². The molecule has 0 aromatic carbocycles. The van der Waals surface area contributed by atoms with Gasteiger partial charge in [-0.25, -0.2) is 5.84 Å². The van der Waals surface area contributed by atoms with E-state index in [0.29, 0.717) is 19.0 Å². The quantitative estimate of drug-likeness (QED) is 0.335. The summed E-state index contributed by atoms with van der Waals surface area (Å²) in [6.07, 6.45) is 2.40. The van der Waals surface area contributed by atoms with Crippen LogP contribution in [-0.2, 0) is 14.4 Å². The molecule has 6 atom stereocenters. The van der Waals surface area contributed by atoms with E-state index in [9.17, 15) is 14.4 Å². The number of hydrogen-bond acceptors (Lipinski definition) is 5. The molecule has 28 heavy (non-hydrogen) atoms. The first-order chi connectivity index (χ1) is 13.1. The van der Waals surface area contributed by atoms with Crippen molar-refractivity contribution in [2.45, 2.75) is 59.0 Å². The minimum atomic E-state index is -0.615. The molecule has 0 bridgehead atoms. The van der Waals surface area contributed by atoms with Crippen molar-refractivity contribution >= 4 is 17.7 Å². The predicted molar refractivity (Wildman–Crippen MR) is 105 cm³/mol. The SMILES string of the molecule is CC[C@H](C)[C@H](N)C(=O)N1C[C@H]2[C@@H]([C@H]1C(=O)N(N)C[C@@H]1CCCNC1=O)C2(C)C. The summed E-state index contributed by atoms with van der Waals surface area (Å²) >= 11 is 0. The zero-order valence-electron chi connectivity index (χ0n) is 17.5. The van der Waals surface area contributed by atoms with Gasteiger partial charge in [0.15, 0.2) is 0 Å². The van der Waals surface area contributed by atoms with E-state index in [4.69, 9.17) is 11.6 Å². The van der Waals surface area contributed by atoms with Gasteiger partial charge in [-0.1, -0.05) is 34.1 Å². The average molecular weight is 394 g/mol. The molecule has 1 aliphatic carbocycles. The minimum Gasteiger partial charge on any atom is -0.356 e. The highest BCUT2D eigenvalue weighted by molar-refractivity contribution is 5.92. The number of hydrazine groups is 1. The van der Waals surface area contributed by atoms with Gasteiger partial charge in [0, 0.05) is 19.6 Å². The van der Waals surface area contributed by atoms with E-state index < -0.39 is 12.1 Å². The number of carbonyl (C=O) groups excluding carboxylic acids is 3. The van der Waals surface area contributed by atoms with Gasteiger partial charge in [-0.2, -0.15) is 0 Å². The number of nitrogens with zero attached hydrogens (tertiary/aromatic N) is 2. The molecule has 3 fully saturated rings. The Morgan fingerprint density at radius 1 is 1.39 bits per heavy atom. The molecule has 0 unspecified atom stereocenters. The monoisotopic (exact) mass is 393 g/mol. The Hall–Kier alpha value is -1.67. The molecule has 0 spiro atoms. The average Bonchev–Trinajstić information content (AvgIpc) is 3.02. The maximum Gasteiger partial charge on any atom is 0.259 e. The Morgan fingerprint density at radius 3 is 2.68 bits per heavy atom. The van der Waals surface area contributed by atoms with Crippen LogP contribution in [0.1, 0.15) is 47.0 Å². The normalized spacial score (nSPS) is 32.9. The number of hydrogen-bond donors (Lipinski definition) is 3. The van der Waals surface area contributed by atoms with Gasteiger partial charge in [-0.3, -0.25) is 19.4 Å². The first-order valence-electron chi connectivity index (χ1n) is 10.5. The van der Waals surface area contributed by atoms with E-state index in [1.54, 1.807) is 4.90 Å². The summed E-state index contributed by atoms with van der Waals surface area (Å²) in [5.41, 5.74) is 6.20. The molecule has 8 heteroatoms. The van der Waals surface area contributed by atoms with Crippen LogP contribution < -0.4 is 16.9 Å².